The molecule has 96 valence electrons. The van der Waals surface area contributed by atoms with Crippen molar-refractivity contribution in [3.05, 3.63) is 18.3 Å². The number of hydrogen-bond donors (Lipinski definition) is 1. The van der Waals surface area contributed by atoms with Gasteiger partial charge in [0.2, 0.25) is 11.7 Å². The Labute approximate surface area is 104 Å². The van der Waals surface area contributed by atoms with E-state index in [2.05, 4.69) is 15.2 Å². The van der Waals surface area contributed by atoms with Crippen LogP contribution in [0, 0.1) is 0 Å². The number of hydrogen-bond acceptors (Lipinski definition) is 6. The lowest BCUT2D eigenvalue weighted by Crippen LogP contribution is -2.37. The number of nitrogens with zero attached hydrogens (tertiary/aromatic N) is 4. The summed E-state index contributed by atoms with van der Waals surface area (Å²) in [6.45, 7) is 1.23. The highest BCUT2D eigenvalue weighted by Gasteiger charge is 2.29. The molecule has 0 radical (unpaired) electrons. The number of rotatable bonds is 2. The lowest BCUT2D eigenvalue weighted by Gasteiger charge is -2.25. The average Bonchev–Trinajstić information content (AvgIpc) is 2.98. The van der Waals surface area contributed by atoms with Crippen molar-refractivity contribution in [3.8, 4) is 11.4 Å². The Morgan fingerprint density at radius 1 is 1.50 bits per heavy atom. The van der Waals surface area contributed by atoms with Crippen LogP contribution in [0.3, 0.4) is 0 Å². The summed E-state index contributed by atoms with van der Waals surface area (Å²) in [5, 5.41) is 8.03. The standard InChI is InChI=1S/C11H15N5O2/c1-16-5-7(4-13-16)10-14-11(18-15-10)8-6-17-3-2-9(8)12/h4-5,8-9H,2-3,6,12H2,1H3. The van der Waals surface area contributed by atoms with Gasteiger partial charge < -0.3 is 15.0 Å². The Morgan fingerprint density at radius 2 is 2.39 bits per heavy atom. The molecule has 18 heavy (non-hydrogen) atoms. The van der Waals surface area contributed by atoms with Crippen molar-refractivity contribution in [1.29, 1.82) is 0 Å². The Kier molecular flexibility index (Phi) is 2.85. The van der Waals surface area contributed by atoms with Gasteiger partial charge >= 0.3 is 0 Å². The van der Waals surface area contributed by atoms with Crippen molar-refractivity contribution in [2.45, 2.75) is 18.4 Å². The largest absolute Gasteiger partial charge is 0.381 e. The van der Waals surface area contributed by atoms with Crippen LogP contribution in [-0.2, 0) is 11.8 Å². The first-order valence-electron chi connectivity index (χ1n) is 5.90. The summed E-state index contributed by atoms with van der Waals surface area (Å²) in [5.41, 5.74) is 6.87. The SMILES string of the molecule is Cn1cc(-c2noc(C3COCCC3N)n2)cn1. The third-order valence-corrected chi connectivity index (χ3v) is 3.13. The lowest BCUT2D eigenvalue weighted by atomic mass is 9.97. The Balaban J connectivity index is 1.84. The van der Waals surface area contributed by atoms with Gasteiger partial charge in [0.05, 0.1) is 24.3 Å². The van der Waals surface area contributed by atoms with E-state index < -0.39 is 0 Å². The molecule has 2 N–H and O–H groups in total. The van der Waals surface area contributed by atoms with Crippen molar-refractivity contribution >= 4 is 0 Å². The Bertz CT molecular complexity index is 535. The zero-order valence-electron chi connectivity index (χ0n) is 10.1. The fourth-order valence-electron chi connectivity index (χ4n) is 2.05. The molecule has 0 saturated carbocycles. The van der Waals surface area contributed by atoms with E-state index in [0.717, 1.165) is 12.0 Å². The van der Waals surface area contributed by atoms with Crippen molar-refractivity contribution < 1.29 is 9.26 Å². The summed E-state index contributed by atoms with van der Waals surface area (Å²) < 4.78 is 12.4. The molecule has 0 spiro atoms. The first kappa shape index (κ1) is 11.4. The number of aromatic nitrogens is 4. The van der Waals surface area contributed by atoms with Crippen molar-refractivity contribution in [2.75, 3.05) is 13.2 Å². The maximum atomic E-state index is 6.04. The molecule has 1 saturated heterocycles. The van der Waals surface area contributed by atoms with Gasteiger partial charge in [0.25, 0.3) is 0 Å². The predicted octanol–water partition coefficient (Wildman–Crippen LogP) is 0.301. The topological polar surface area (TPSA) is 92.0 Å². The van der Waals surface area contributed by atoms with E-state index in [9.17, 15) is 0 Å². The van der Waals surface area contributed by atoms with Crippen LogP contribution in [-0.4, -0.2) is 39.2 Å². The number of nitrogens with two attached hydrogens (primary N) is 1. The first-order chi connectivity index (χ1) is 8.74. The summed E-state index contributed by atoms with van der Waals surface area (Å²) in [4.78, 5) is 4.38. The highest BCUT2D eigenvalue weighted by atomic mass is 16.5. The van der Waals surface area contributed by atoms with E-state index in [4.69, 9.17) is 15.0 Å². The molecular weight excluding hydrogens is 234 g/mol. The zero-order valence-corrected chi connectivity index (χ0v) is 10.1. The summed E-state index contributed by atoms with van der Waals surface area (Å²) in [7, 11) is 1.84. The smallest absolute Gasteiger partial charge is 0.233 e. The highest BCUT2D eigenvalue weighted by molar-refractivity contribution is 5.51. The van der Waals surface area contributed by atoms with Crippen LogP contribution in [0.1, 0.15) is 18.2 Å². The van der Waals surface area contributed by atoms with Crippen LogP contribution in [0.25, 0.3) is 11.4 Å². The Hall–Kier alpha value is -1.73. The van der Waals surface area contributed by atoms with Gasteiger partial charge in [0.15, 0.2) is 0 Å². The highest BCUT2D eigenvalue weighted by Crippen LogP contribution is 2.25. The van der Waals surface area contributed by atoms with Gasteiger partial charge in [-0.2, -0.15) is 10.1 Å². The average molecular weight is 249 g/mol. The van der Waals surface area contributed by atoms with Gasteiger partial charge in [0, 0.05) is 25.9 Å². The second-order valence-electron chi connectivity index (χ2n) is 4.49. The third kappa shape index (κ3) is 2.02. The molecule has 3 heterocycles. The molecule has 7 nitrogen and oxygen atoms in total. The predicted molar refractivity (Wildman–Crippen MR) is 62.7 cm³/mol. The maximum absolute atomic E-state index is 6.04. The lowest BCUT2D eigenvalue weighted by molar-refractivity contribution is 0.0590. The van der Waals surface area contributed by atoms with Crippen molar-refractivity contribution in [2.24, 2.45) is 12.8 Å². The molecule has 1 aliphatic heterocycles. The van der Waals surface area contributed by atoms with Crippen LogP contribution in [0.2, 0.25) is 0 Å². The third-order valence-electron chi connectivity index (χ3n) is 3.13. The fraction of sp³-hybridized carbons (Fsp3) is 0.545. The molecule has 3 rings (SSSR count). The van der Waals surface area contributed by atoms with Crippen molar-refractivity contribution in [3.63, 3.8) is 0 Å². The van der Waals surface area contributed by atoms with Crippen molar-refractivity contribution in [1.82, 2.24) is 19.9 Å². The molecule has 2 unspecified atom stereocenters. The van der Waals surface area contributed by atoms with Crippen LogP contribution >= 0.6 is 0 Å². The van der Waals surface area contributed by atoms with Gasteiger partial charge in [-0.15, -0.1) is 0 Å². The van der Waals surface area contributed by atoms with Gasteiger partial charge in [0.1, 0.15) is 0 Å². The quantitative estimate of drug-likeness (QED) is 0.823. The van der Waals surface area contributed by atoms with E-state index in [1.165, 1.54) is 0 Å². The minimum Gasteiger partial charge on any atom is -0.381 e. The number of ether oxygens (including phenoxy) is 1. The number of aryl methyl sites for hydroxylation is 1. The van der Waals surface area contributed by atoms with Gasteiger partial charge in [-0.25, -0.2) is 0 Å². The Morgan fingerprint density at radius 3 is 3.11 bits per heavy atom. The monoisotopic (exact) mass is 249 g/mol. The minimum atomic E-state index is -0.0170. The molecular formula is C11H15N5O2. The molecule has 0 aromatic carbocycles. The summed E-state index contributed by atoms with van der Waals surface area (Å²) in [6, 6.07) is 0.0148. The second-order valence-corrected chi connectivity index (χ2v) is 4.49. The molecule has 2 atom stereocenters. The van der Waals surface area contributed by atoms with E-state index in [1.54, 1.807) is 10.9 Å². The van der Waals surface area contributed by atoms with Gasteiger partial charge in [-0.05, 0) is 6.42 Å². The van der Waals surface area contributed by atoms with Gasteiger partial charge in [-0.3, -0.25) is 4.68 Å². The van der Waals surface area contributed by atoms with Crippen LogP contribution in [0.5, 0.6) is 0 Å². The molecule has 0 bridgehead atoms. The van der Waals surface area contributed by atoms with Crippen LogP contribution in [0.4, 0.5) is 0 Å². The van der Waals surface area contributed by atoms with E-state index in [0.29, 0.717) is 24.9 Å². The van der Waals surface area contributed by atoms with Gasteiger partial charge in [-0.1, -0.05) is 5.16 Å². The van der Waals surface area contributed by atoms with Crippen LogP contribution in [0.15, 0.2) is 16.9 Å². The molecule has 1 aliphatic rings. The second kappa shape index (κ2) is 4.51. The molecule has 0 aliphatic carbocycles. The molecule has 0 amide bonds. The molecule has 2 aromatic heterocycles. The zero-order chi connectivity index (χ0) is 12.5. The summed E-state index contributed by atoms with van der Waals surface area (Å²) >= 11 is 0. The summed E-state index contributed by atoms with van der Waals surface area (Å²) in [5.74, 6) is 1.06. The van der Waals surface area contributed by atoms with E-state index >= 15 is 0 Å². The maximum Gasteiger partial charge on any atom is 0.233 e. The van der Waals surface area contributed by atoms with E-state index in [-0.39, 0.29) is 12.0 Å². The minimum absolute atomic E-state index is 0.0148. The molecule has 7 heteroatoms. The fourth-order valence-corrected chi connectivity index (χ4v) is 2.05. The van der Waals surface area contributed by atoms with Crippen LogP contribution < -0.4 is 5.73 Å². The summed E-state index contributed by atoms with van der Waals surface area (Å²) in [6.07, 6.45) is 4.35. The normalized spacial score (nSPS) is 24.3. The molecule has 1 fully saturated rings. The molecule has 2 aromatic rings. The van der Waals surface area contributed by atoms with E-state index in [1.807, 2.05) is 13.2 Å². The first-order valence-corrected chi connectivity index (χ1v) is 5.90.